The standard InChI is InChI=1S/C25H22F3N5O2/c26-25(27,28)19-6-2-8-21(31-24(34)18-5-3-10-33-11-9-29-23(18)33)22(19)20-7-1-4-17(30-20)16-32-12-14-35-15-13-32/h1-11H,12-16H2,(H,31,34). The summed E-state index contributed by atoms with van der Waals surface area (Å²) in [6.07, 6.45) is 0.331. The molecular weight excluding hydrogens is 459 g/mol. The molecule has 10 heteroatoms. The topological polar surface area (TPSA) is 71.8 Å². The van der Waals surface area contributed by atoms with Crippen LogP contribution in [0.15, 0.2) is 67.1 Å². The molecule has 0 spiro atoms. The van der Waals surface area contributed by atoms with Gasteiger partial charge in [0.05, 0.1) is 41.4 Å². The first-order chi connectivity index (χ1) is 16.9. The quantitative estimate of drug-likeness (QED) is 0.455. The molecule has 1 saturated heterocycles. The lowest BCUT2D eigenvalue weighted by Gasteiger charge is -2.26. The molecule has 4 heterocycles. The number of halogens is 3. The summed E-state index contributed by atoms with van der Waals surface area (Å²) in [5.41, 5.74) is 0.407. The number of imidazole rings is 1. The Morgan fingerprint density at radius 2 is 1.83 bits per heavy atom. The molecule has 1 amide bonds. The second-order valence-corrected chi connectivity index (χ2v) is 8.16. The zero-order chi connectivity index (χ0) is 24.4. The van der Waals surface area contributed by atoms with Crippen molar-refractivity contribution < 1.29 is 22.7 Å². The van der Waals surface area contributed by atoms with Crippen LogP contribution in [0.4, 0.5) is 18.9 Å². The number of aromatic nitrogens is 3. The van der Waals surface area contributed by atoms with Crippen molar-refractivity contribution in [3.05, 3.63) is 83.9 Å². The molecule has 4 aromatic rings. The number of ether oxygens (including phenoxy) is 1. The van der Waals surface area contributed by atoms with Gasteiger partial charge in [-0.05, 0) is 36.4 Å². The molecule has 0 bridgehead atoms. The smallest absolute Gasteiger partial charge is 0.379 e. The molecule has 1 aliphatic heterocycles. The van der Waals surface area contributed by atoms with Gasteiger partial charge in [0, 0.05) is 43.8 Å². The van der Waals surface area contributed by atoms with E-state index in [1.165, 1.54) is 18.2 Å². The van der Waals surface area contributed by atoms with Crippen LogP contribution in [0.5, 0.6) is 0 Å². The maximum atomic E-state index is 14.0. The minimum atomic E-state index is -4.64. The number of carbonyl (C=O) groups excluding carboxylic acids is 1. The van der Waals surface area contributed by atoms with E-state index < -0.39 is 17.6 Å². The van der Waals surface area contributed by atoms with Crippen molar-refractivity contribution in [1.82, 2.24) is 19.3 Å². The molecule has 7 nitrogen and oxygen atoms in total. The number of rotatable bonds is 5. The van der Waals surface area contributed by atoms with Crippen molar-refractivity contribution in [2.45, 2.75) is 12.7 Å². The highest BCUT2D eigenvalue weighted by atomic mass is 19.4. The molecule has 0 aliphatic carbocycles. The van der Waals surface area contributed by atoms with E-state index in [1.807, 2.05) is 0 Å². The Labute approximate surface area is 199 Å². The number of amides is 1. The summed E-state index contributed by atoms with van der Waals surface area (Å²) < 4.78 is 49.1. The largest absolute Gasteiger partial charge is 0.417 e. The minimum absolute atomic E-state index is 0.0226. The first-order valence-electron chi connectivity index (χ1n) is 11.1. The van der Waals surface area contributed by atoms with Gasteiger partial charge in [0.15, 0.2) is 0 Å². The fourth-order valence-corrected chi connectivity index (χ4v) is 4.18. The van der Waals surface area contributed by atoms with Gasteiger partial charge in [-0.3, -0.25) is 14.7 Å². The second kappa shape index (κ2) is 9.47. The third kappa shape index (κ3) is 4.89. The average molecular weight is 481 g/mol. The van der Waals surface area contributed by atoms with Gasteiger partial charge >= 0.3 is 6.18 Å². The zero-order valence-corrected chi connectivity index (χ0v) is 18.6. The molecule has 0 saturated carbocycles. The van der Waals surface area contributed by atoms with Crippen molar-refractivity contribution >= 4 is 17.2 Å². The third-order valence-corrected chi connectivity index (χ3v) is 5.83. The molecule has 0 unspecified atom stereocenters. The Balaban J connectivity index is 1.53. The normalized spacial score (nSPS) is 14.8. The van der Waals surface area contributed by atoms with Gasteiger partial charge in [-0.1, -0.05) is 12.1 Å². The number of anilines is 1. The number of carbonyl (C=O) groups is 1. The van der Waals surface area contributed by atoms with E-state index in [9.17, 15) is 18.0 Å². The fraction of sp³-hybridized carbons (Fsp3) is 0.240. The predicted octanol–water partition coefficient (Wildman–Crippen LogP) is 4.50. The maximum Gasteiger partial charge on any atom is 0.417 e. The van der Waals surface area contributed by atoms with Gasteiger partial charge < -0.3 is 14.5 Å². The van der Waals surface area contributed by atoms with Gasteiger partial charge in [-0.25, -0.2) is 4.98 Å². The zero-order valence-electron chi connectivity index (χ0n) is 18.6. The Morgan fingerprint density at radius 1 is 1.03 bits per heavy atom. The minimum Gasteiger partial charge on any atom is -0.379 e. The highest BCUT2D eigenvalue weighted by Gasteiger charge is 2.35. The first-order valence-corrected chi connectivity index (χ1v) is 11.1. The van der Waals surface area contributed by atoms with Crippen molar-refractivity contribution in [1.29, 1.82) is 0 Å². The molecule has 180 valence electrons. The summed E-state index contributed by atoms with van der Waals surface area (Å²) in [7, 11) is 0. The number of hydrogen-bond acceptors (Lipinski definition) is 5. The van der Waals surface area contributed by atoms with E-state index in [0.717, 1.165) is 19.2 Å². The number of benzene rings is 1. The molecular formula is C25H22F3N5O2. The lowest BCUT2D eigenvalue weighted by Crippen LogP contribution is -2.35. The second-order valence-electron chi connectivity index (χ2n) is 8.16. The van der Waals surface area contributed by atoms with Crippen LogP contribution < -0.4 is 5.32 Å². The lowest BCUT2D eigenvalue weighted by molar-refractivity contribution is -0.137. The first kappa shape index (κ1) is 23.0. The van der Waals surface area contributed by atoms with Crippen molar-refractivity contribution in [3.8, 4) is 11.3 Å². The van der Waals surface area contributed by atoms with E-state index in [0.29, 0.717) is 31.1 Å². The van der Waals surface area contributed by atoms with Gasteiger partial charge in [0.25, 0.3) is 5.91 Å². The SMILES string of the molecule is O=C(Nc1cccc(C(F)(F)F)c1-c1cccc(CN2CCOCC2)n1)c1cccn2ccnc12. The Bertz CT molecular complexity index is 1360. The van der Waals surface area contributed by atoms with Gasteiger partial charge in [-0.15, -0.1) is 0 Å². The number of pyridine rings is 2. The number of nitrogens with zero attached hydrogens (tertiary/aromatic N) is 4. The molecule has 1 N–H and O–H groups in total. The summed E-state index contributed by atoms with van der Waals surface area (Å²) >= 11 is 0. The molecule has 1 fully saturated rings. The monoisotopic (exact) mass is 481 g/mol. The van der Waals surface area contributed by atoms with Crippen LogP contribution in [-0.4, -0.2) is 51.5 Å². The van der Waals surface area contributed by atoms with Crippen LogP contribution in [0, 0.1) is 0 Å². The molecule has 35 heavy (non-hydrogen) atoms. The third-order valence-electron chi connectivity index (χ3n) is 5.83. The van der Waals surface area contributed by atoms with Crippen LogP contribution in [-0.2, 0) is 17.5 Å². The number of hydrogen-bond donors (Lipinski definition) is 1. The molecule has 1 aromatic carbocycles. The highest BCUT2D eigenvalue weighted by Crippen LogP contribution is 2.40. The van der Waals surface area contributed by atoms with Crippen molar-refractivity contribution in [2.24, 2.45) is 0 Å². The lowest BCUT2D eigenvalue weighted by atomic mass is 10.00. The van der Waals surface area contributed by atoms with E-state index in [-0.39, 0.29) is 22.5 Å². The van der Waals surface area contributed by atoms with Crippen LogP contribution >= 0.6 is 0 Å². The van der Waals surface area contributed by atoms with E-state index in [1.54, 1.807) is 47.3 Å². The number of alkyl halides is 3. The molecule has 0 radical (unpaired) electrons. The number of morpholine rings is 1. The van der Waals surface area contributed by atoms with Crippen LogP contribution in [0.25, 0.3) is 16.9 Å². The van der Waals surface area contributed by atoms with Crippen LogP contribution in [0.2, 0.25) is 0 Å². The Hall–Kier alpha value is -3.76. The van der Waals surface area contributed by atoms with Gasteiger partial charge in [0.2, 0.25) is 0 Å². The van der Waals surface area contributed by atoms with Crippen LogP contribution in [0.3, 0.4) is 0 Å². The molecule has 0 atom stereocenters. The van der Waals surface area contributed by atoms with E-state index in [4.69, 9.17) is 4.74 Å². The summed E-state index contributed by atoms with van der Waals surface area (Å²) in [5.74, 6) is -0.563. The summed E-state index contributed by atoms with van der Waals surface area (Å²) in [4.78, 5) is 24.0. The fourth-order valence-electron chi connectivity index (χ4n) is 4.18. The number of fused-ring (bicyclic) bond motifs is 1. The predicted molar refractivity (Wildman–Crippen MR) is 124 cm³/mol. The Morgan fingerprint density at radius 3 is 2.63 bits per heavy atom. The molecule has 3 aromatic heterocycles. The van der Waals surface area contributed by atoms with Crippen molar-refractivity contribution in [3.63, 3.8) is 0 Å². The molecule has 1 aliphatic rings. The molecule has 5 rings (SSSR count). The van der Waals surface area contributed by atoms with Crippen molar-refractivity contribution in [2.75, 3.05) is 31.6 Å². The van der Waals surface area contributed by atoms with Gasteiger partial charge in [-0.2, -0.15) is 13.2 Å². The summed E-state index contributed by atoms with van der Waals surface area (Å²) in [6.45, 7) is 3.17. The van der Waals surface area contributed by atoms with Crippen LogP contribution in [0.1, 0.15) is 21.6 Å². The maximum absolute atomic E-state index is 14.0. The summed E-state index contributed by atoms with van der Waals surface area (Å²) in [5, 5.41) is 2.66. The number of nitrogens with one attached hydrogen (secondary N) is 1. The average Bonchev–Trinajstić information content (AvgIpc) is 3.33. The summed E-state index contributed by atoms with van der Waals surface area (Å²) in [6, 6.07) is 12.0. The van der Waals surface area contributed by atoms with E-state index >= 15 is 0 Å². The van der Waals surface area contributed by atoms with E-state index in [2.05, 4.69) is 20.2 Å². The van der Waals surface area contributed by atoms with Gasteiger partial charge in [0.1, 0.15) is 5.65 Å². The Kier molecular flexibility index (Phi) is 6.23. The highest BCUT2D eigenvalue weighted by molar-refractivity contribution is 6.09.